The standard InChI is InChI=1S/C18H20FN3O3/c19-15-6-2-1-5-13(15)17-14(18(24)25)7-8-16(23)22(17)12-4-11-21-10-3-9-20-21/h1-3,5-6,9-10,14,17H,4,7-8,11-12H2,(H,24,25). The molecule has 1 aromatic carbocycles. The zero-order valence-corrected chi connectivity index (χ0v) is 13.7. The first kappa shape index (κ1) is 17.1. The van der Waals surface area contributed by atoms with E-state index in [1.807, 2.05) is 12.3 Å². The van der Waals surface area contributed by atoms with E-state index in [9.17, 15) is 19.1 Å². The molecule has 1 fully saturated rings. The van der Waals surface area contributed by atoms with Crippen molar-refractivity contribution in [2.24, 2.45) is 5.92 Å². The number of halogens is 1. The van der Waals surface area contributed by atoms with Crippen molar-refractivity contribution in [1.29, 1.82) is 0 Å². The topological polar surface area (TPSA) is 75.4 Å². The highest BCUT2D eigenvalue weighted by atomic mass is 19.1. The third-order valence-corrected chi connectivity index (χ3v) is 4.59. The van der Waals surface area contributed by atoms with Crippen LogP contribution in [0.1, 0.15) is 30.9 Å². The molecular formula is C18H20FN3O3. The number of aliphatic carboxylic acids is 1. The van der Waals surface area contributed by atoms with E-state index in [4.69, 9.17) is 0 Å². The summed E-state index contributed by atoms with van der Waals surface area (Å²) in [6, 6.07) is 7.12. The number of aryl methyl sites for hydroxylation is 1. The summed E-state index contributed by atoms with van der Waals surface area (Å²) >= 11 is 0. The molecule has 1 aromatic heterocycles. The maximum Gasteiger partial charge on any atom is 0.308 e. The lowest BCUT2D eigenvalue weighted by molar-refractivity contribution is -0.152. The van der Waals surface area contributed by atoms with Crippen LogP contribution in [0.25, 0.3) is 0 Å². The van der Waals surface area contributed by atoms with Gasteiger partial charge in [0.15, 0.2) is 0 Å². The lowest BCUT2D eigenvalue weighted by Crippen LogP contribution is -2.46. The zero-order chi connectivity index (χ0) is 17.8. The number of carbonyl (C=O) groups excluding carboxylic acids is 1. The van der Waals surface area contributed by atoms with Crippen molar-refractivity contribution in [2.75, 3.05) is 6.54 Å². The fourth-order valence-corrected chi connectivity index (χ4v) is 3.41. The van der Waals surface area contributed by atoms with Gasteiger partial charge in [-0.3, -0.25) is 14.3 Å². The van der Waals surface area contributed by atoms with Gasteiger partial charge in [-0.15, -0.1) is 0 Å². The van der Waals surface area contributed by atoms with Crippen molar-refractivity contribution in [3.05, 3.63) is 54.1 Å². The van der Waals surface area contributed by atoms with E-state index in [0.29, 0.717) is 19.5 Å². The van der Waals surface area contributed by atoms with Crippen molar-refractivity contribution in [2.45, 2.75) is 31.8 Å². The third kappa shape index (κ3) is 3.70. The van der Waals surface area contributed by atoms with Crippen LogP contribution in [0.3, 0.4) is 0 Å². The number of carboxylic acid groups (broad SMARTS) is 1. The molecule has 2 atom stereocenters. The van der Waals surface area contributed by atoms with Crippen molar-refractivity contribution in [3.8, 4) is 0 Å². The number of benzene rings is 1. The number of hydrogen-bond donors (Lipinski definition) is 1. The van der Waals surface area contributed by atoms with E-state index < -0.39 is 23.7 Å². The number of hydrogen-bond acceptors (Lipinski definition) is 3. The van der Waals surface area contributed by atoms with Gasteiger partial charge in [-0.1, -0.05) is 18.2 Å². The van der Waals surface area contributed by atoms with Gasteiger partial charge in [-0.25, -0.2) is 4.39 Å². The van der Waals surface area contributed by atoms with E-state index in [0.717, 1.165) is 0 Å². The quantitative estimate of drug-likeness (QED) is 0.873. The summed E-state index contributed by atoms with van der Waals surface area (Å²) in [6.45, 7) is 0.972. The molecule has 6 nitrogen and oxygen atoms in total. The molecule has 1 amide bonds. The van der Waals surface area contributed by atoms with Crippen LogP contribution in [-0.4, -0.2) is 38.2 Å². The van der Waals surface area contributed by atoms with Crippen LogP contribution in [0.5, 0.6) is 0 Å². The highest BCUT2D eigenvalue weighted by Crippen LogP contribution is 2.38. The second-order valence-electron chi connectivity index (χ2n) is 6.16. The Morgan fingerprint density at radius 2 is 2.08 bits per heavy atom. The molecule has 2 heterocycles. The van der Waals surface area contributed by atoms with Crippen molar-refractivity contribution < 1.29 is 19.1 Å². The first-order valence-corrected chi connectivity index (χ1v) is 8.32. The molecule has 2 aromatic rings. The fraction of sp³-hybridized carbons (Fsp3) is 0.389. The Morgan fingerprint density at radius 3 is 2.76 bits per heavy atom. The normalized spacial score (nSPS) is 20.7. The van der Waals surface area contributed by atoms with Gasteiger partial charge >= 0.3 is 5.97 Å². The van der Waals surface area contributed by atoms with Crippen LogP contribution in [0.2, 0.25) is 0 Å². The minimum atomic E-state index is -1.00. The van der Waals surface area contributed by atoms with Gasteiger partial charge in [0.25, 0.3) is 0 Å². The number of aromatic nitrogens is 2. The number of carbonyl (C=O) groups is 2. The number of likely N-dealkylation sites (tertiary alicyclic amines) is 1. The van der Waals surface area contributed by atoms with Gasteiger partial charge in [-0.2, -0.15) is 5.10 Å². The molecule has 0 bridgehead atoms. The molecule has 2 unspecified atom stereocenters. The Kier molecular flexibility index (Phi) is 5.11. The predicted octanol–water partition coefficient (Wildman–Crippen LogP) is 2.48. The van der Waals surface area contributed by atoms with Crippen LogP contribution >= 0.6 is 0 Å². The molecule has 1 N–H and O–H groups in total. The van der Waals surface area contributed by atoms with Crippen LogP contribution in [0.4, 0.5) is 4.39 Å². The average molecular weight is 345 g/mol. The predicted molar refractivity (Wildman–Crippen MR) is 88.1 cm³/mol. The summed E-state index contributed by atoms with van der Waals surface area (Å²) in [4.78, 5) is 25.6. The van der Waals surface area contributed by atoms with Crippen LogP contribution in [0.15, 0.2) is 42.7 Å². The molecule has 7 heteroatoms. The van der Waals surface area contributed by atoms with Gasteiger partial charge in [0.2, 0.25) is 5.91 Å². The molecule has 132 valence electrons. The Morgan fingerprint density at radius 1 is 1.28 bits per heavy atom. The zero-order valence-electron chi connectivity index (χ0n) is 13.7. The first-order valence-electron chi connectivity index (χ1n) is 8.32. The first-order chi connectivity index (χ1) is 12.1. The second-order valence-corrected chi connectivity index (χ2v) is 6.16. The summed E-state index contributed by atoms with van der Waals surface area (Å²) in [5.41, 5.74) is 0.266. The molecule has 0 spiro atoms. The number of rotatable bonds is 6. The van der Waals surface area contributed by atoms with Crippen LogP contribution in [0, 0.1) is 11.7 Å². The maximum atomic E-state index is 14.3. The molecule has 3 rings (SSSR count). The van der Waals surface area contributed by atoms with E-state index >= 15 is 0 Å². The highest BCUT2D eigenvalue weighted by Gasteiger charge is 2.41. The third-order valence-electron chi connectivity index (χ3n) is 4.59. The van der Waals surface area contributed by atoms with Gasteiger partial charge in [-0.05, 0) is 25.0 Å². The van der Waals surface area contributed by atoms with E-state index in [-0.39, 0.29) is 24.3 Å². The summed E-state index contributed by atoms with van der Waals surface area (Å²) in [5.74, 6) is -2.42. The van der Waals surface area contributed by atoms with Gasteiger partial charge in [0.05, 0.1) is 12.0 Å². The molecule has 0 aliphatic carbocycles. The molecule has 25 heavy (non-hydrogen) atoms. The average Bonchev–Trinajstić information content (AvgIpc) is 3.10. The van der Waals surface area contributed by atoms with E-state index in [1.165, 1.54) is 11.0 Å². The Balaban J connectivity index is 1.84. The lowest BCUT2D eigenvalue weighted by Gasteiger charge is -2.40. The summed E-state index contributed by atoms with van der Waals surface area (Å²) in [6.07, 6.45) is 4.51. The van der Waals surface area contributed by atoms with Gasteiger partial charge in [0.1, 0.15) is 5.82 Å². The van der Waals surface area contributed by atoms with Crippen molar-refractivity contribution in [3.63, 3.8) is 0 Å². The summed E-state index contributed by atoms with van der Waals surface area (Å²) < 4.78 is 16.1. The minimum Gasteiger partial charge on any atom is -0.481 e. The summed E-state index contributed by atoms with van der Waals surface area (Å²) in [7, 11) is 0. The lowest BCUT2D eigenvalue weighted by atomic mass is 9.84. The minimum absolute atomic E-state index is 0.133. The largest absolute Gasteiger partial charge is 0.481 e. The molecule has 1 aliphatic heterocycles. The molecule has 0 radical (unpaired) electrons. The molecule has 1 aliphatic rings. The Labute approximate surface area is 144 Å². The summed E-state index contributed by atoms with van der Waals surface area (Å²) in [5, 5.41) is 13.7. The number of nitrogens with zero attached hydrogens (tertiary/aromatic N) is 3. The van der Waals surface area contributed by atoms with E-state index in [2.05, 4.69) is 5.10 Å². The monoisotopic (exact) mass is 345 g/mol. The molecule has 0 saturated carbocycles. The number of piperidine rings is 1. The molecule has 1 saturated heterocycles. The Hall–Kier alpha value is -2.70. The number of amides is 1. The fourth-order valence-electron chi connectivity index (χ4n) is 3.41. The van der Waals surface area contributed by atoms with Crippen LogP contribution in [-0.2, 0) is 16.1 Å². The SMILES string of the molecule is O=C(O)C1CCC(=O)N(CCCn2cccn2)C1c1ccccc1F. The van der Waals surface area contributed by atoms with Crippen molar-refractivity contribution in [1.82, 2.24) is 14.7 Å². The van der Waals surface area contributed by atoms with Crippen molar-refractivity contribution >= 4 is 11.9 Å². The molecular weight excluding hydrogens is 325 g/mol. The van der Waals surface area contributed by atoms with Gasteiger partial charge in [0, 0.05) is 37.5 Å². The van der Waals surface area contributed by atoms with Crippen LogP contribution < -0.4 is 0 Å². The second kappa shape index (κ2) is 7.46. The highest BCUT2D eigenvalue weighted by molar-refractivity contribution is 5.81. The van der Waals surface area contributed by atoms with Gasteiger partial charge < -0.3 is 10.0 Å². The smallest absolute Gasteiger partial charge is 0.308 e. The van der Waals surface area contributed by atoms with E-state index in [1.54, 1.807) is 29.1 Å². The number of carboxylic acids is 1. The Bertz CT molecular complexity index is 748. The maximum absolute atomic E-state index is 14.3.